The van der Waals surface area contributed by atoms with Crippen LogP contribution in [0.3, 0.4) is 0 Å². The van der Waals surface area contributed by atoms with Gasteiger partial charge < -0.3 is 0 Å². The van der Waals surface area contributed by atoms with Gasteiger partial charge in [0, 0.05) is 5.02 Å². The molecule has 25 heavy (non-hydrogen) atoms. The zero-order valence-electron chi connectivity index (χ0n) is 13.5. The zero-order chi connectivity index (χ0) is 17.5. The second-order valence-corrected chi connectivity index (χ2v) is 5.98. The number of halogens is 1. The van der Waals surface area contributed by atoms with E-state index in [9.17, 15) is 4.79 Å². The van der Waals surface area contributed by atoms with Crippen LogP contribution in [0.1, 0.15) is 22.6 Å². The largest absolute Gasteiger partial charge is 0.272 e. The first-order chi connectivity index (χ1) is 12.2. The fourth-order valence-corrected chi connectivity index (χ4v) is 2.70. The van der Waals surface area contributed by atoms with Gasteiger partial charge in [-0.25, -0.2) is 5.43 Å². The lowest BCUT2D eigenvalue weighted by Gasteiger charge is -2.16. The number of hydrazone groups is 1. The van der Waals surface area contributed by atoms with Crippen molar-refractivity contribution in [1.82, 2.24) is 5.43 Å². The van der Waals surface area contributed by atoms with Gasteiger partial charge in [-0.15, -0.1) is 0 Å². The Balaban J connectivity index is 1.79. The minimum absolute atomic E-state index is 0.178. The topological polar surface area (TPSA) is 41.5 Å². The van der Waals surface area contributed by atoms with E-state index in [1.54, 1.807) is 18.3 Å². The summed E-state index contributed by atoms with van der Waals surface area (Å²) in [5.41, 5.74) is 5.35. The maximum absolute atomic E-state index is 12.7. The number of hydrogen-bond acceptors (Lipinski definition) is 2. The third kappa shape index (κ3) is 4.55. The van der Waals surface area contributed by atoms with Crippen molar-refractivity contribution in [3.05, 3.63) is 107 Å². The lowest BCUT2D eigenvalue weighted by molar-refractivity contribution is -0.121. The molecule has 124 valence electrons. The van der Waals surface area contributed by atoms with Gasteiger partial charge in [0.05, 0.1) is 12.1 Å². The van der Waals surface area contributed by atoms with Gasteiger partial charge in [-0.1, -0.05) is 84.4 Å². The van der Waals surface area contributed by atoms with Gasteiger partial charge in [0.15, 0.2) is 0 Å². The second-order valence-electron chi connectivity index (χ2n) is 5.54. The van der Waals surface area contributed by atoms with Gasteiger partial charge in [-0.2, -0.15) is 5.10 Å². The van der Waals surface area contributed by atoms with Crippen LogP contribution in [0.4, 0.5) is 0 Å². The summed E-state index contributed by atoms with van der Waals surface area (Å²) in [5.74, 6) is -0.590. The van der Waals surface area contributed by atoms with Crippen LogP contribution >= 0.6 is 11.6 Å². The average Bonchev–Trinajstić information content (AvgIpc) is 2.65. The summed E-state index contributed by atoms with van der Waals surface area (Å²) in [6.07, 6.45) is 1.60. The van der Waals surface area contributed by atoms with E-state index in [1.165, 1.54) is 0 Å². The summed E-state index contributed by atoms with van der Waals surface area (Å²) in [7, 11) is 0. The Hall–Kier alpha value is -2.91. The molecule has 0 bridgehead atoms. The minimum Gasteiger partial charge on any atom is -0.272 e. The molecule has 0 fully saturated rings. The van der Waals surface area contributed by atoms with Gasteiger partial charge in [-0.3, -0.25) is 4.79 Å². The van der Waals surface area contributed by atoms with Crippen LogP contribution in [0.2, 0.25) is 5.02 Å². The van der Waals surface area contributed by atoms with Crippen molar-refractivity contribution in [3.8, 4) is 0 Å². The molecule has 4 heteroatoms. The van der Waals surface area contributed by atoms with Crippen LogP contribution in [0.5, 0.6) is 0 Å². The standard InChI is InChI=1S/C21H17ClN2O/c22-19-13-11-16(12-14-19)15-23-24-21(25)20(17-7-3-1-4-8-17)18-9-5-2-6-10-18/h1-15,20H,(H,24,25)/b23-15-. The van der Waals surface area contributed by atoms with E-state index in [2.05, 4.69) is 10.5 Å². The molecule has 3 aromatic carbocycles. The van der Waals surface area contributed by atoms with Crippen LogP contribution in [0, 0.1) is 0 Å². The highest BCUT2D eigenvalue weighted by Gasteiger charge is 2.22. The van der Waals surface area contributed by atoms with Crippen molar-refractivity contribution in [2.75, 3.05) is 0 Å². The van der Waals surface area contributed by atoms with E-state index in [0.717, 1.165) is 16.7 Å². The molecule has 0 radical (unpaired) electrons. The highest BCUT2D eigenvalue weighted by Crippen LogP contribution is 2.24. The summed E-state index contributed by atoms with van der Waals surface area (Å²) in [6.45, 7) is 0. The Morgan fingerprint density at radius 2 is 1.36 bits per heavy atom. The monoisotopic (exact) mass is 348 g/mol. The molecule has 3 rings (SSSR count). The van der Waals surface area contributed by atoms with Crippen LogP contribution in [-0.4, -0.2) is 12.1 Å². The van der Waals surface area contributed by atoms with Crippen molar-refractivity contribution in [2.45, 2.75) is 5.92 Å². The average molecular weight is 349 g/mol. The predicted molar refractivity (Wildman–Crippen MR) is 102 cm³/mol. The number of carbonyl (C=O) groups excluding carboxylic acids is 1. The summed E-state index contributed by atoms with van der Waals surface area (Å²) >= 11 is 5.86. The van der Waals surface area contributed by atoms with Gasteiger partial charge in [0.25, 0.3) is 5.91 Å². The summed E-state index contributed by atoms with van der Waals surface area (Å²) < 4.78 is 0. The molecule has 0 saturated carbocycles. The Bertz CT molecular complexity index is 807. The fraction of sp³-hybridized carbons (Fsp3) is 0.0476. The van der Waals surface area contributed by atoms with E-state index in [-0.39, 0.29) is 5.91 Å². The molecule has 0 atom stereocenters. The molecule has 1 amide bonds. The molecule has 1 N–H and O–H groups in total. The van der Waals surface area contributed by atoms with Crippen LogP contribution in [-0.2, 0) is 4.79 Å². The van der Waals surface area contributed by atoms with Crippen molar-refractivity contribution < 1.29 is 4.79 Å². The lowest BCUT2D eigenvalue weighted by Crippen LogP contribution is -2.26. The summed E-state index contributed by atoms with van der Waals surface area (Å²) in [4.78, 5) is 12.7. The van der Waals surface area contributed by atoms with Crippen molar-refractivity contribution >= 4 is 23.7 Å². The molecule has 0 saturated heterocycles. The Labute approximate surface area is 152 Å². The fourth-order valence-electron chi connectivity index (χ4n) is 2.57. The molecule has 0 spiro atoms. The molecule has 0 aromatic heterocycles. The van der Waals surface area contributed by atoms with Gasteiger partial charge in [-0.05, 0) is 28.8 Å². The molecule has 0 heterocycles. The van der Waals surface area contributed by atoms with E-state index in [4.69, 9.17) is 11.6 Å². The first-order valence-corrected chi connectivity index (χ1v) is 8.30. The number of hydrogen-bond donors (Lipinski definition) is 1. The molecule has 0 aliphatic heterocycles. The predicted octanol–water partition coefficient (Wildman–Crippen LogP) is 4.62. The first-order valence-electron chi connectivity index (χ1n) is 7.92. The summed E-state index contributed by atoms with van der Waals surface area (Å²) in [6, 6.07) is 26.6. The van der Waals surface area contributed by atoms with Crippen molar-refractivity contribution in [3.63, 3.8) is 0 Å². The van der Waals surface area contributed by atoms with Crippen molar-refractivity contribution in [1.29, 1.82) is 0 Å². The molecular weight excluding hydrogens is 332 g/mol. The van der Waals surface area contributed by atoms with Gasteiger partial charge in [0.2, 0.25) is 0 Å². The van der Waals surface area contributed by atoms with Crippen molar-refractivity contribution in [2.24, 2.45) is 5.10 Å². The molecular formula is C21H17ClN2O. The molecule has 3 nitrogen and oxygen atoms in total. The lowest BCUT2D eigenvalue weighted by atomic mass is 9.91. The highest BCUT2D eigenvalue weighted by molar-refractivity contribution is 6.30. The maximum atomic E-state index is 12.7. The molecule has 0 aliphatic rings. The number of benzene rings is 3. The summed E-state index contributed by atoms with van der Waals surface area (Å²) in [5, 5.41) is 4.74. The maximum Gasteiger partial charge on any atom is 0.252 e. The highest BCUT2D eigenvalue weighted by atomic mass is 35.5. The van der Waals surface area contributed by atoms with Gasteiger partial charge >= 0.3 is 0 Å². The van der Waals surface area contributed by atoms with E-state index in [0.29, 0.717) is 5.02 Å². The van der Waals surface area contributed by atoms with E-state index < -0.39 is 5.92 Å². The number of amides is 1. The smallest absolute Gasteiger partial charge is 0.252 e. The SMILES string of the molecule is O=C(N/N=C\c1ccc(Cl)cc1)C(c1ccccc1)c1ccccc1. The molecule has 0 unspecified atom stereocenters. The molecule has 0 aliphatic carbocycles. The van der Waals surface area contributed by atoms with Gasteiger partial charge in [0.1, 0.15) is 0 Å². The van der Waals surface area contributed by atoms with Crippen LogP contribution < -0.4 is 5.43 Å². The molecule has 3 aromatic rings. The Kier molecular flexibility index (Phi) is 5.60. The normalized spacial score (nSPS) is 11.0. The quantitative estimate of drug-likeness (QED) is 0.530. The first kappa shape index (κ1) is 16.9. The third-order valence-corrected chi connectivity index (χ3v) is 4.04. The number of carbonyl (C=O) groups is 1. The van der Waals surface area contributed by atoms with Crippen LogP contribution in [0.15, 0.2) is 90.0 Å². The van der Waals surface area contributed by atoms with E-state index >= 15 is 0 Å². The van der Waals surface area contributed by atoms with E-state index in [1.807, 2.05) is 72.8 Å². The van der Waals surface area contributed by atoms with Crippen LogP contribution in [0.25, 0.3) is 0 Å². The number of rotatable bonds is 5. The Morgan fingerprint density at radius 3 is 1.88 bits per heavy atom. The number of nitrogens with zero attached hydrogens (tertiary/aromatic N) is 1. The minimum atomic E-state index is -0.412. The third-order valence-electron chi connectivity index (χ3n) is 3.79. The number of nitrogens with one attached hydrogen (secondary N) is 1. The zero-order valence-corrected chi connectivity index (χ0v) is 14.2. The second kappa shape index (κ2) is 8.27. The Morgan fingerprint density at radius 1 is 0.840 bits per heavy atom.